The monoisotopic (exact) mass is 609 g/mol. The number of aliphatic hydroxyl groups is 1. The summed E-state index contributed by atoms with van der Waals surface area (Å²) in [6, 6.07) is 8.87. The summed E-state index contributed by atoms with van der Waals surface area (Å²) >= 11 is 1.71. The number of rotatable bonds is 13. The third kappa shape index (κ3) is 6.06. The first-order chi connectivity index (χ1) is 20.2. The number of carbonyl (C=O) groups is 3. The quantitative estimate of drug-likeness (QED) is 0.235. The summed E-state index contributed by atoms with van der Waals surface area (Å²) in [5.41, 5.74) is 0.279. The van der Waals surface area contributed by atoms with E-state index < -0.39 is 28.2 Å². The molecule has 3 saturated heterocycles. The van der Waals surface area contributed by atoms with Crippen LogP contribution in [0.25, 0.3) is 0 Å². The van der Waals surface area contributed by atoms with Crippen molar-refractivity contribution in [3.8, 4) is 0 Å². The van der Waals surface area contributed by atoms with Crippen LogP contribution in [0.3, 0.4) is 0 Å². The number of unbranched alkanes of at least 4 members (excludes halogenated alkanes) is 1. The maximum atomic E-state index is 15.0. The van der Waals surface area contributed by atoms with Crippen LogP contribution in [0.4, 0.5) is 5.69 Å². The summed E-state index contributed by atoms with van der Waals surface area (Å²) in [7, 11) is 0. The molecule has 3 heterocycles. The number of thioether (sulfide) groups is 1. The van der Waals surface area contributed by atoms with Crippen LogP contribution < -0.4 is 4.90 Å². The van der Waals surface area contributed by atoms with Crippen molar-refractivity contribution in [2.75, 3.05) is 31.1 Å². The lowest BCUT2D eigenvalue weighted by Crippen LogP contribution is -2.61. The van der Waals surface area contributed by atoms with E-state index in [-0.39, 0.29) is 40.9 Å². The van der Waals surface area contributed by atoms with Crippen LogP contribution in [0.2, 0.25) is 0 Å². The Hall–Kier alpha value is -2.58. The molecule has 1 spiro atoms. The number of carbonyl (C=O) groups excluding carboxylic acids is 3. The van der Waals surface area contributed by atoms with Gasteiger partial charge in [0.1, 0.15) is 6.04 Å². The van der Waals surface area contributed by atoms with Crippen molar-refractivity contribution in [3.63, 3.8) is 0 Å². The molecule has 0 radical (unpaired) electrons. The van der Waals surface area contributed by atoms with Crippen molar-refractivity contribution < 1.29 is 19.5 Å². The van der Waals surface area contributed by atoms with E-state index in [4.69, 9.17) is 0 Å². The number of para-hydroxylation sites is 1. The standard InChI is InChI=1S/C35H51N3O4S/c1-9-18-36(25-16-12-11-13-17-25)30(40)27-26-22-24(3)35(43-26)28(27)31(41)37(20-14-15-21-39)29(35)32(42)38(19-10-2)34(7,8)23-33(4,5)6/h9-13,16-17,24,26-29,39H,1-2,14-15,18-23H2,3-8H3/t24?,26-,27+,28-,29?,35?/m0/s1. The highest BCUT2D eigenvalue weighted by Gasteiger charge is 2.76. The predicted molar refractivity (Wildman–Crippen MR) is 176 cm³/mol. The molecule has 2 bridgehead atoms. The average molecular weight is 610 g/mol. The number of aliphatic hydroxyl groups excluding tert-OH is 1. The van der Waals surface area contributed by atoms with Gasteiger partial charge in [-0.1, -0.05) is 58.0 Å². The van der Waals surface area contributed by atoms with Gasteiger partial charge in [0.05, 0.1) is 16.6 Å². The maximum absolute atomic E-state index is 15.0. The minimum atomic E-state index is -0.702. The van der Waals surface area contributed by atoms with Crippen LogP contribution in [0.1, 0.15) is 67.2 Å². The van der Waals surface area contributed by atoms with Gasteiger partial charge in [0, 0.05) is 42.7 Å². The van der Waals surface area contributed by atoms with Gasteiger partial charge >= 0.3 is 0 Å². The van der Waals surface area contributed by atoms with E-state index in [2.05, 4.69) is 54.7 Å². The molecule has 4 rings (SSSR count). The van der Waals surface area contributed by atoms with Gasteiger partial charge < -0.3 is 19.8 Å². The second-order valence-corrected chi connectivity index (χ2v) is 15.9. The van der Waals surface area contributed by atoms with Crippen LogP contribution in [0.5, 0.6) is 0 Å². The number of hydrogen-bond acceptors (Lipinski definition) is 5. The van der Waals surface area contributed by atoms with Crippen molar-refractivity contribution >= 4 is 35.2 Å². The molecular formula is C35H51N3O4S. The lowest BCUT2D eigenvalue weighted by atomic mass is 9.65. The van der Waals surface area contributed by atoms with Gasteiger partial charge in [0.25, 0.3) is 0 Å². The van der Waals surface area contributed by atoms with Gasteiger partial charge in [-0.05, 0) is 63.0 Å². The molecule has 6 atom stereocenters. The molecule has 3 fully saturated rings. The molecule has 3 aliphatic heterocycles. The molecule has 1 aromatic carbocycles. The van der Waals surface area contributed by atoms with E-state index in [1.54, 1.807) is 33.7 Å². The zero-order chi connectivity index (χ0) is 31.7. The van der Waals surface area contributed by atoms with Crippen LogP contribution in [-0.4, -0.2) is 80.4 Å². The molecule has 0 aromatic heterocycles. The molecule has 0 aliphatic carbocycles. The molecule has 1 N–H and O–H groups in total. The summed E-state index contributed by atoms with van der Waals surface area (Å²) < 4.78 is -0.702. The first-order valence-electron chi connectivity index (χ1n) is 15.7. The number of fused-ring (bicyclic) bond motifs is 1. The fraction of sp³-hybridized carbons (Fsp3) is 0.629. The Morgan fingerprint density at radius 1 is 1.07 bits per heavy atom. The van der Waals surface area contributed by atoms with Crippen LogP contribution in [-0.2, 0) is 14.4 Å². The summed E-state index contributed by atoms with van der Waals surface area (Å²) in [5, 5.41) is 9.50. The molecule has 1 aromatic rings. The lowest BCUT2D eigenvalue weighted by Gasteiger charge is -2.47. The van der Waals surface area contributed by atoms with Gasteiger partial charge in [-0.3, -0.25) is 14.4 Å². The minimum Gasteiger partial charge on any atom is -0.396 e. The smallest absolute Gasteiger partial charge is 0.247 e. The Kier molecular flexibility index (Phi) is 9.92. The molecule has 8 heteroatoms. The number of benzene rings is 1. The highest BCUT2D eigenvalue weighted by atomic mass is 32.2. The van der Waals surface area contributed by atoms with Gasteiger partial charge in [-0.2, -0.15) is 0 Å². The molecule has 3 unspecified atom stereocenters. The molecule has 236 valence electrons. The average Bonchev–Trinajstić information content (AvgIpc) is 3.52. The van der Waals surface area contributed by atoms with Crippen molar-refractivity contribution in [3.05, 3.63) is 55.6 Å². The number of hydrogen-bond donors (Lipinski definition) is 1. The third-order valence-electron chi connectivity index (χ3n) is 9.49. The molecule has 3 aliphatic rings. The molecule has 0 saturated carbocycles. The lowest BCUT2D eigenvalue weighted by molar-refractivity contribution is -0.146. The Balaban J connectivity index is 1.80. The van der Waals surface area contributed by atoms with Crippen molar-refractivity contribution in [2.24, 2.45) is 23.2 Å². The summed E-state index contributed by atoms with van der Waals surface area (Å²) in [6.07, 6.45) is 6.19. The highest BCUT2D eigenvalue weighted by molar-refractivity contribution is 8.02. The first kappa shape index (κ1) is 33.3. The Morgan fingerprint density at radius 2 is 1.72 bits per heavy atom. The summed E-state index contributed by atoms with van der Waals surface area (Å²) in [6.45, 7) is 21.9. The van der Waals surface area contributed by atoms with Crippen LogP contribution in [0.15, 0.2) is 55.6 Å². The molecule has 43 heavy (non-hydrogen) atoms. The minimum absolute atomic E-state index is 0.0201. The fourth-order valence-corrected chi connectivity index (χ4v) is 10.7. The van der Waals surface area contributed by atoms with E-state index in [1.165, 1.54) is 0 Å². The summed E-state index contributed by atoms with van der Waals surface area (Å²) in [4.78, 5) is 49.5. The van der Waals surface area contributed by atoms with E-state index in [9.17, 15) is 19.5 Å². The van der Waals surface area contributed by atoms with Gasteiger partial charge in [0.2, 0.25) is 17.7 Å². The Morgan fingerprint density at radius 3 is 2.30 bits per heavy atom. The number of nitrogens with zero attached hydrogens (tertiary/aromatic N) is 3. The van der Waals surface area contributed by atoms with E-state index in [0.717, 1.165) is 18.5 Å². The SMILES string of the molecule is C=CCN(C(=O)[C@@H]1[C@@H]2CC(C)C3(S2)C(C(=O)N(CC=C)C(C)(C)CC(C)(C)C)N(CCCCO)C(=O)[C@H]13)c1ccccc1. The second-order valence-electron chi connectivity index (χ2n) is 14.4. The number of likely N-dealkylation sites (tertiary alicyclic amines) is 1. The Labute approximate surface area is 262 Å². The third-order valence-corrected chi connectivity index (χ3v) is 11.6. The first-order valence-corrected chi connectivity index (χ1v) is 16.6. The van der Waals surface area contributed by atoms with Gasteiger partial charge in [-0.25, -0.2) is 0 Å². The molecule has 3 amide bonds. The highest BCUT2D eigenvalue weighted by Crippen LogP contribution is 2.69. The van der Waals surface area contributed by atoms with Crippen molar-refractivity contribution in [1.29, 1.82) is 0 Å². The number of amides is 3. The fourth-order valence-electron chi connectivity index (χ4n) is 8.26. The van der Waals surface area contributed by atoms with E-state index in [1.807, 2.05) is 35.2 Å². The molecule has 7 nitrogen and oxygen atoms in total. The topological polar surface area (TPSA) is 81.2 Å². The zero-order valence-electron chi connectivity index (χ0n) is 26.9. The predicted octanol–water partition coefficient (Wildman–Crippen LogP) is 5.54. The molecular weight excluding hydrogens is 558 g/mol. The van der Waals surface area contributed by atoms with Gasteiger partial charge in [-0.15, -0.1) is 24.9 Å². The normalized spacial score (nSPS) is 28.1. The number of anilines is 1. The maximum Gasteiger partial charge on any atom is 0.247 e. The largest absolute Gasteiger partial charge is 0.396 e. The van der Waals surface area contributed by atoms with E-state index >= 15 is 0 Å². The van der Waals surface area contributed by atoms with E-state index in [0.29, 0.717) is 32.5 Å². The Bertz CT molecular complexity index is 1210. The second kappa shape index (κ2) is 12.8. The summed E-state index contributed by atoms with van der Waals surface area (Å²) in [5.74, 6) is -1.27. The zero-order valence-corrected chi connectivity index (χ0v) is 27.7. The van der Waals surface area contributed by atoms with Gasteiger partial charge in [0.15, 0.2) is 0 Å². The van der Waals surface area contributed by atoms with Crippen molar-refractivity contribution in [1.82, 2.24) is 9.80 Å². The van der Waals surface area contributed by atoms with Crippen LogP contribution in [0, 0.1) is 23.2 Å². The van der Waals surface area contributed by atoms with Crippen LogP contribution >= 0.6 is 11.8 Å². The van der Waals surface area contributed by atoms with Crippen molar-refractivity contribution in [2.45, 2.75) is 88.8 Å².